The van der Waals surface area contributed by atoms with E-state index in [2.05, 4.69) is 4.98 Å². The van der Waals surface area contributed by atoms with Gasteiger partial charge in [0.05, 0.1) is 17.2 Å². The summed E-state index contributed by atoms with van der Waals surface area (Å²) in [5.41, 5.74) is 1.74. The maximum absolute atomic E-state index is 13.0. The van der Waals surface area contributed by atoms with Crippen LogP contribution >= 0.6 is 22.7 Å². The van der Waals surface area contributed by atoms with Crippen LogP contribution in [-0.4, -0.2) is 48.3 Å². The number of nitrogens with zero attached hydrogens (tertiary/aromatic N) is 2. The number of thiophene rings is 1. The van der Waals surface area contributed by atoms with Crippen LogP contribution in [0.15, 0.2) is 16.8 Å². The molecule has 24 heavy (non-hydrogen) atoms. The number of amides is 1. The van der Waals surface area contributed by atoms with E-state index in [1.165, 1.54) is 11.3 Å². The topological polar surface area (TPSA) is 67.3 Å². The summed E-state index contributed by atoms with van der Waals surface area (Å²) in [7, 11) is -3.02. The third-order valence-corrected chi connectivity index (χ3v) is 7.76. The van der Waals surface area contributed by atoms with Crippen molar-refractivity contribution in [3.63, 3.8) is 0 Å². The Morgan fingerprint density at radius 1 is 1.46 bits per heavy atom. The number of hydrogen-bond donors (Lipinski definition) is 0. The third-order valence-electron chi connectivity index (χ3n) is 4.13. The SMILES string of the molecule is CCCN(C(=O)c1sc(-c2ccsc2)nc1C)C1CCS(=O)(=O)C1. The summed E-state index contributed by atoms with van der Waals surface area (Å²) < 4.78 is 23.6. The third kappa shape index (κ3) is 3.55. The van der Waals surface area contributed by atoms with Crippen LogP contribution < -0.4 is 0 Å². The predicted octanol–water partition coefficient (Wildman–Crippen LogP) is 3.22. The average Bonchev–Trinajstić information content (AvgIpc) is 3.23. The molecule has 1 unspecified atom stereocenters. The van der Waals surface area contributed by atoms with E-state index in [0.717, 1.165) is 17.0 Å². The number of rotatable bonds is 5. The molecule has 0 saturated carbocycles. The second kappa shape index (κ2) is 6.93. The van der Waals surface area contributed by atoms with Crippen molar-refractivity contribution in [3.05, 3.63) is 27.4 Å². The lowest BCUT2D eigenvalue weighted by Crippen LogP contribution is -2.41. The molecule has 8 heteroatoms. The predicted molar refractivity (Wildman–Crippen MR) is 98.6 cm³/mol. The second-order valence-electron chi connectivity index (χ2n) is 6.00. The van der Waals surface area contributed by atoms with Gasteiger partial charge < -0.3 is 4.90 Å². The van der Waals surface area contributed by atoms with Crippen molar-refractivity contribution < 1.29 is 13.2 Å². The summed E-state index contributed by atoms with van der Waals surface area (Å²) in [6.45, 7) is 4.42. The molecule has 0 aliphatic carbocycles. The molecule has 1 aliphatic rings. The maximum atomic E-state index is 13.0. The number of hydrogen-bond acceptors (Lipinski definition) is 6. The molecule has 2 aromatic heterocycles. The zero-order valence-electron chi connectivity index (χ0n) is 13.7. The zero-order chi connectivity index (χ0) is 17.3. The van der Waals surface area contributed by atoms with E-state index in [1.807, 2.05) is 30.7 Å². The van der Waals surface area contributed by atoms with Crippen molar-refractivity contribution in [3.8, 4) is 10.6 Å². The molecular weight excluding hydrogens is 364 g/mol. The molecule has 1 aliphatic heterocycles. The highest BCUT2D eigenvalue weighted by atomic mass is 32.2. The first-order valence-electron chi connectivity index (χ1n) is 7.92. The van der Waals surface area contributed by atoms with E-state index >= 15 is 0 Å². The molecule has 0 spiro atoms. The van der Waals surface area contributed by atoms with E-state index in [4.69, 9.17) is 0 Å². The van der Waals surface area contributed by atoms with Crippen LogP contribution in [0.3, 0.4) is 0 Å². The van der Waals surface area contributed by atoms with E-state index in [9.17, 15) is 13.2 Å². The summed E-state index contributed by atoms with van der Waals surface area (Å²) in [6.07, 6.45) is 1.33. The van der Waals surface area contributed by atoms with E-state index in [1.54, 1.807) is 16.2 Å². The highest BCUT2D eigenvalue weighted by Gasteiger charge is 2.35. The smallest absolute Gasteiger partial charge is 0.266 e. The molecule has 3 heterocycles. The largest absolute Gasteiger partial charge is 0.334 e. The number of sulfone groups is 1. The Morgan fingerprint density at radius 3 is 2.83 bits per heavy atom. The van der Waals surface area contributed by atoms with Gasteiger partial charge in [-0.15, -0.1) is 11.3 Å². The zero-order valence-corrected chi connectivity index (χ0v) is 16.1. The molecule has 0 bridgehead atoms. The van der Waals surface area contributed by atoms with Crippen LogP contribution in [0.2, 0.25) is 0 Å². The number of aromatic nitrogens is 1. The van der Waals surface area contributed by atoms with E-state index in [-0.39, 0.29) is 23.5 Å². The quantitative estimate of drug-likeness (QED) is 0.794. The van der Waals surface area contributed by atoms with Gasteiger partial charge in [0, 0.05) is 23.5 Å². The molecule has 3 rings (SSSR count). The van der Waals surface area contributed by atoms with Crippen molar-refractivity contribution in [2.75, 3.05) is 18.1 Å². The number of aryl methyl sites for hydroxylation is 1. The fourth-order valence-electron chi connectivity index (χ4n) is 2.95. The normalized spacial score (nSPS) is 19.5. The van der Waals surface area contributed by atoms with Crippen molar-refractivity contribution in [2.24, 2.45) is 0 Å². The van der Waals surface area contributed by atoms with Gasteiger partial charge in [-0.2, -0.15) is 11.3 Å². The van der Waals surface area contributed by atoms with E-state index < -0.39 is 9.84 Å². The van der Waals surface area contributed by atoms with Crippen LogP contribution in [0.4, 0.5) is 0 Å². The molecule has 0 aromatic carbocycles. The molecule has 0 N–H and O–H groups in total. The first kappa shape index (κ1) is 17.6. The maximum Gasteiger partial charge on any atom is 0.266 e. The highest BCUT2D eigenvalue weighted by Crippen LogP contribution is 2.31. The van der Waals surface area contributed by atoms with Gasteiger partial charge in [-0.25, -0.2) is 13.4 Å². The monoisotopic (exact) mass is 384 g/mol. The molecule has 2 aromatic rings. The lowest BCUT2D eigenvalue weighted by Gasteiger charge is -2.27. The Labute approximate surface area is 150 Å². The second-order valence-corrected chi connectivity index (χ2v) is 10.0. The minimum Gasteiger partial charge on any atom is -0.334 e. The lowest BCUT2D eigenvalue weighted by molar-refractivity contribution is 0.0701. The molecule has 1 saturated heterocycles. The minimum absolute atomic E-state index is 0.0774. The van der Waals surface area contributed by atoms with Gasteiger partial charge in [-0.05, 0) is 31.2 Å². The van der Waals surface area contributed by atoms with Gasteiger partial charge in [0.1, 0.15) is 9.88 Å². The van der Waals surface area contributed by atoms with Crippen LogP contribution in [0, 0.1) is 6.92 Å². The van der Waals surface area contributed by atoms with Gasteiger partial charge in [-0.1, -0.05) is 6.92 Å². The summed E-state index contributed by atoms with van der Waals surface area (Å²) in [6, 6.07) is 1.78. The molecular formula is C16H20N2O3S3. The summed E-state index contributed by atoms with van der Waals surface area (Å²) in [4.78, 5) is 19.9. The first-order valence-corrected chi connectivity index (χ1v) is 11.5. The Balaban J connectivity index is 1.88. The lowest BCUT2D eigenvalue weighted by atomic mass is 10.2. The summed E-state index contributed by atoms with van der Waals surface area (Å²) in [5.74, 6) is 0.163. The standard InChI is InChI=1S/C16H20N2O3S3/c1-3-6-18(13-5-8-24(20,21)10-13)16(19)14-11(2)17-15(23-14)12-4-7-22-9-12/h4,7,9,13H,3,5-6,8,10H2,1-2H3. The number of carbonyl (C=O) groups is 1. The molecule has 1 fully saturated rings. The van der Waals surface area contributed by atoms with Crippen LogP contribution in [0.25, 0.3) is 10.6 Å². The number of carbonyl (C=O) groups excluding carboxylic acids is 1. The Morgan fingerprint density at radius 2 is 2.25 bits per heavy atom. The Hall–Kier alpha value is -1.25. The molecule has 1 amide bonds. The van der Waals surface area contributed by atoms with Gasteiger partial charge >= 0.3 is 0 Å². The minimum atomic E-state index is -3.02. The molecule has 0 radical (unpaired) electrons. The van der Waals surface area contributed by atoms with Gasteiger partial charge in [-0.3, -0.25) is 4.79 Å². The van der Waals surface area contributed by atoms with Crippen molar-refractivity contribution in [2.45, 2.75) is 32.7 Å². The number of thiazole rings is 1. The van der Waals surface area contributed by atoms with Crippen molar-refractivity contribution in [1.82, 2.24) is 9.88 Å². The van der Waals surface area contributed by atoms with Gasteiger partial charge in [0.15, 0.2) is 9.84 Å². The van der Waals surface area contributed by atoms with Crippen molar-refractivity contribution >= 4 is 38.4 Å². The Kier molecular flexibility index (Phi) is 5.08. The van der Waals surface area contributed by atoms with Crippen molar-refractivity contribution in [1.29, 1.82) is 0 Å². The fraction of sp³-hybridized carbons (Fsp3) is 0.500. The molecule has 5 nitrogen and oxygen atoms in total. The average molecular weight is 385 g/mol. The van der Waals surface area contributed by atoms with E-state index in [0.29, 0.717) is 23.5 Å². The highest BCUT2D eigenvalue weighted by molar-refractivity contribution is 7.91. The fourth-order valence-corrected chi connectivity index (χ4v) is 6.41. The van der Waals surface area contributed by atoms with Gasteiger partial charge in [0.2, 0.25) is 0 Å². The van der Waals surface area contributed by atoms with Crippen LogP contribution in [-0.2, 0) is 9.84 Å². The molecule has 130 valence electrons. The van der Waals surface area contributed by atoms with Gasteiger partial charge in [0.25, 0.3) is 5.91 Å². The first-order chi connectivity index (χ1) is 11.4. The van der Waals surface area contributed by atoms with Crippen LogP contribution in [0.5, 0.6) is 0 Å². The van der Waals surface area contributed by atoms with Crippen LogP contribution in [0.1, 0.15) is 35.1 Å². The summed E-state index contributed by atoms with van der Waals surface area (Å²) in [5, 5.41) is 4.84. The summed E-state index contributed by atoms with van der Waals surface area (Å²) >= 11 is 2.99. The molecule has 1 atom stereocenters. The Bertz CT molecular complexity index is 825.